The predicted molar refractivity (Wildman–Crippen MR) is 352 cm³/mol. The fraction of sp³-hybridized carbons (Fsp3) is 0.219. The average molecular weight is 1370 g/mol. The second-order valence-electron chi connectivity index (χ2n) is 20.7. The van der Waals surface area contributed by atoms with Crippen molar-refractivity contribution >= 4 is 125 Å². The highest BCUT2D eigenvalue weighted by Gasteiger charge is 2.36. The molecule has 4 N–H and O–H groups in total. The van der Waals surface area contributed by atoms with Gasteiger partial charge in [0.1, 0.15) is 41.4 Å². The van der Waals surface area contributed by atoms with Crippen molar-refractivity contribution in [2.45, 2.75) is 50.9 Å². The molecule has 30 heteroatoms. The number of azide groups is 1. The summed E-state index contributed by atoms with van der Waals surface area (Å²) in [4.78, 5) is 115. The standard InChI is InChI=1S/C32H28ClF2N5O5.C22H23ClFN3O4.C10H5FN4O.2H2S/c1-39(31(43)37-17-20-6-4-10-26(35)28(20)33)23(7-5-13-40-29(41)24-8-2-3-9-25(24)30(40)42)18-45-32(44)38-27-15-21-14-22(34)12-11-19(21)16-36-27;1-26(22(31)25-12-14-6-4-10-18(24)19(14)23)15(13-28)7-5-11-27-20(29)16-8-2-3-9-17(16)21(27)30;11-8-2-1-6-5-13-9(4-7(6)3-8)10(16)14-15-12;;/h2-4,6,8-12,14-16,23H,5,7,13,17-18H2,1H3,(H,37,43)(H,36,38,44);2-4,6,8-10,15,28H,5,7,11-13H2,1H3,(H,25,31);1-5H;2*1H2/t23-;15-;;;/m00.../s1. The number of aliphatic hydroxyl groups excluding tert-OH is 1. The van der Waals surface area contributed by atoms with Crippen molar-refractivity contribution in [1.29, 1.82) is 0 Å². The summed E-state index contributed by atoms with van der Waals surface area (Å²) in [5.41, 5.74) is 10.4. The Morgan fingerprint density at radius 2 is 1.04 bits per heavy atom. The molecule has 0 bridgehead atoms. The first-order valence-corrected chi connectivity index (χ1v) is 29.0. The molecule has 22 nitrogen and oxygen atoms in total. The van der Waals surface area contributed by atoms with Crippen LogP contribution in [-0.2, 0) is 17.8 Å². The molecule has 0 spiro atoms. The number of pyridine rings is 2. The van der Waals surface area contributed by atoms with Gasteiger partial charge >= 0.3 is 18.2 Å². The van der Waals surface area contributed by atoms with Crippen molar-refractivity contribution in [3.05, 3.63) is 229 Å². The van der Waals surface area contributed by atoms with E-state index in [0.717, 1.165) is 4.90 Å². The normalized spacial score (nSPS) is 12.5. The Labute approximate surface area is 558 Å². The van der Waals surface area contributed by atoms with E-state index in [1.165, 1.54) is 102 Å². The number of hydrogen-bond acceptors (Lipinski definition) is 12. The zero-order valence-corrected chi connectivity index (χ0v) is 53.5. The Kier molecular flexibility index (Phi) is 26.6. The highest BCUT2D eigenvalue weighted by Crippen LogP contribution is 2.27. The smallest absolute Gasteiger partial charge is 0.412 e. The molecule has 0 radical (unpaired) electrons. The lowest BCUT2D eigenvalue weighted by atomic mass is 10.1. The lowest BCUT2D eigenvalue weighted by molar-refractivity contribution is 0.0629. The zero-order chi connectivity index (χ0) is 66.2. The molecule has 10 rings (SSSR count). The number of rotatable bonds is 19. The van der Waals surface area contributed by atoms with E-state index in [1.807, 2.05) is 0 Å². The number of anilines is 1. The van der Waals surface area contributed by atoms with Crippen LogP contribution in [0.15, 0.2) is 151 Å². The number of ether oxygens (including phenoxy) is 1. The third-order valence-corrected chi connectivity index (χ3v) is 15.7. The summed E-state index contributed by atoms with van der Waals surface area (Å²) in [6, 6.07) is 30.8. The molecule has 4 heterocycles. The first-order chi connectivity index (χ1) is 44.2. The number of carbonyl (C=O) groups is 8. The summed E-state index contributed by atoms with van der Waals surface area (Å²) in [5, 5.41) is 22.7. The zero-order valence-electron chi connectivity index (χ0n) is 50.0. The van der Waals surface area contributed by atoms with E-state index in [9.17, 15) is 61.0 Å². The molecule has 2 aliphatic rings. The van der Waals surface area contributed by atoms with Crippen LogP contribution in [0.1, 0.15) is 88.7 Å². The summed E-state index contributed by atoms with van der Waals surface area (Å²) in [7, 11) is 3.03. The number of hydrogen-bond donors (Lipinski definition) is 4. The molecule has 0 fully saturated rings. The van der Waals surface area contributed by atoms with Gasteiger partial charge in [-0.05, 0) is 143 Å². The monoisotopic (exact) mass is 1370 g/mol. The van der Waals surface area contributed by atoms with Gasteiger partial charge in [-0.25, -0.2) is 36.9 Å². The third-order valence-electron chi connectivity index (χ3n) is 14.8. The number of halogens is 6. The third kappa shape index (κ3) is 18.3. The van der Waals surface area contributed by atoms with Gasteiger partial charge < -0.3 is 30.3 Å². The Hall–Kier alpha value is -9.83. The Morgan fingerprint density at radius 3 is 1.50 bits per heavy atom. The fourth-order valence-corrected chi connectivity index (χ4v) is 10.1. The van der Waals surface area contributed by atoms with Gasteiger partial charge in [0.25, 0.3) is 29.5 Å². The summed E-state index contributed by atoms with van der Waals surface area (Å²) in [6.45, 7) is -0.282. The van der Waals surface area contributed by atoms with Crippen LogP contribution >= 0.6 is 50.2 Å². The van der Waals surface area contributed by atoms with Gasteiger partial charge in [-0.3, -0.25) is 44.1 Å². The Morgan fingerprint density at radius 1 is 0.606 bits per heavy atom. The second-order valence-corrected chi connectivity index (χ2v) is 21.5. The van der Waals surface area contributed by atoms with Gasteiger partial charge in [0.15, 0.2) is 0 Å². The summed E-state index contributed by atoms with van der Waals surface area (Å²) < 4.78 is 59.4. The van der Waals surface area contributed by atoms with Gasteiger partial charge in [-0.1, -0.05) is 71.7 Å². The lowest BCUT2D eigenvalue weighted by Crippen LogP contribution is -2.46. The maximum atomic E-state index is 13.8. The Balaban J connectivity index is 0.000000246. The van der Waals surface area contributed by atoms with Crippen LogP contribution in [0.25, 0.3) is 32.0 Å². The first kappa shape index (κ1) is 73.2. The van der Waals surface area contributed by atoms with Gasteiger partial charge in [-0.15, -0.1) is 0 Å². The minimum atomic E-state index is -0.857. The highest BCUT2D eigenvalue weighted by molar-refractivity contribution is 7.59. The first-order valence-electron chi connectivity index (χ1n) is 28.2. The molecule has 6 aromatic carbocycles. The van der Waals surface area contributed by atoms with Gasteiger partial charge in [0.2, 0.25) is 0 Å². The molecular weight excluding hydrogens is 1310 g/mol. The van der Waals surface area contributed by atoms with Crippen molar-refractivity contribution in [2.24, 2.45) is 5.11 Å². The Bertz CT molecular complexity index is 4150. The van der Waals surface area contributed by atoms with E-state index in [1.54, 1.807) is 72.8 Å². The SMILES string of the molecule is CN(C(=O)NCc1cccc(F)c1Cl)[C@@H](CCCN1C(=O)c2ccccc2C1=O)COC(=O)Nc1cc2cc(F)ccc2cn1.CN(C(=O)NCc1cccc(F)c1Cl)[C@H](CO)CCCN1C(=O)c2ccccc2C1=O.S.S.[N-]=[N+]=NC(=O)c1cc2cc(F)ccc2cn1. The molecule has 490 valence electrons. The topological polar surface area (TPSA) is 290 Å². The molecule has 0 aliphatic carbocycles. The van der Waals surface area contributed by atoms with Gasteiger partial charge in [0, 0.05) is 68.4 Å². The summed E-state index contributed by atoms with van der Waals surface area (Å²) in [5.74, 6) is -4.14. The van der Waals surface area contributed by atoms with E-state index < -0.39 is 71.2 Å². The van der Waals surface area contributed by atoms with Crippen LogP contribution in [0, 0.1) is 23.3 Å². The molecule has 94 heavy (non-hydrogen) atoms. The number of amides is 10. The van der Waals surface area contributed by atoms with Crippen LogP contribution < -0.4 is 16.0 Å². The molecule has 10 amide bonds. The number of carbonyl (C=O) groups excluding carboxylic acids is 8. The van der Waals surface area contributed by atoms with Crippen molar-refractivity contribution in [3.63, 3.8) is 0 Å². The molecule has 0 saturated carbocycles. The van der Waals surface area contributed by atoms with Crippen LogP contribution in [-0.4, -0.2) is 135 Å². The van der Waals surface area contributed by atoms with E-state index >= 15 is 0 Å². The molecule has 2 atom stereocenters. The van der Waals surface area contributed by atoms with E-state index in [-0.39, 0.29) is 106 Å². The molecule has 8 aromatic rings. The van der Waals surface area contributed by atoms with E-state index in [2.05, 4.69) is 35.9 Å². The van der Waals surface area contributed by atoms with Gasteiger partial charge in [-0.2, -0.15) is 27.0 Å². The minimum Gasteiger partial charge on any atom is -0.447 e. The number of benzene rings is 6. The molecule has 2 aliphatic heterocycles. The summed E-state index contributed by atoms with van der Waals surface area (Å²) in [6.07, 6.45) is 3.40. The number of aliphatic hydroxyl groups is 1. The van der Waals surface area contributed by atoms with E-state index in [0.29, 0.717) is 74.2 Å². The maximum Gasteiger partial charge on any atom is 0.412 e. The average Bonchev–Trinajstić information content (AvgIpc) is 1.65. The van der Waals surface area contributed by atoms with E-state index in [4.69, 9.17) is 33.5 Å². The molecule has 2 aromatic heterocycles. The van der Waals surface area contributed by atoms with Crippen LogP contribution in [0.2, 0.25) is 10.0 Å². The predicted octanol–water partition coefficient (Wildman–Crippen LogP) is 12.1. The largest absolute Gasteiger partial charge is 0.447 e. The van der Waals surface area contributed by atoms with Crippen molar-refractivity contribution in [2.75, 3.05) is 45.7 Å². The molecule has 0 saturated heterocycles. The van der Waals surface area contributed by atoms with Crippen LogP contribution in [0.4, 0.5) is 37.8 Å². The van der Waals surface area contributed by atoms with Crippen molar-refractivity contribution < 1.29 is 65.8 Å². The number of nitrogens with zero attached hydrogens (tertiary/aromatic N) is 9. The molecular formula is C64H60Cl2F4N12O10S2. The second kappa shape index (κ2) is 34.2. The van der Waals surface area contributed by atoms with Crippen LogP contribution in [0.3, 0.4) is 0 Å². The number of urea groups is 2. The number of likely N-dealkylation sites (N-methyl/N-ethyl adjacent to an activating group) is 2. The number of nitrogens with one attached hydrogen (secondary N) is 3. The highest BCUT2D eigenvalue weighted by atomic mass is 35.5. The van der Waals surface area contributed by atoms with Gasteiger partial charge in [0.05, 0.1) is 51.0 Å². The number of imide groups is 2. The fourth-order valence-electron chi connectivity index (χ4n) is 9.76. The lowest BCUT2D eigenvalue weighted by Gasteiger charge is -2.28. The molecule has 0 unspecified atom stereocenters. The van der Waals surface area contributed by atoms with Crippen LogP contribution in [0.5, 0.6) is 0 Å². The summed E-state index contributed by atoms with van der Waals surface area (Å²) >= 11 is 11.9. The quantitative estimate of drug-likeness (QED) is 0.0193. The minimum absolute atomic E-state index is 0. The number of aromatic nitrogens is 2. The van der Waals surface area contributed by atoms with Crippen molar-refractivity contribution in [1.82, 2.24) is 40.2 Å². The number of fused-ring (bicyclic) bond motifs is 4. The maximum absolute atomic E-state index is 13.8. The van der Waals surface area contributed by atoms with Crippen molar-refractivity contribution in [3.8, 4) is 0 Å².